The molecular formula is C10H9BrO2S. The summed E-state index contributed by atoms with van der Waals surface area (Å²) in [6.07, 6.45) is 0. The molecule has 2 nitrogen and oxygen atoms in total. The molecule has 0 aliphatic carbocycles. The Balaban J connectivity index is 2.67. The SMILES string of the molecule is COc1cc(Br)c2sc(OC)cc2c1. The third kappa shape index (κ3) is 1.60. The first-order valence-electron chi connectivity index (χ1n) is 4.05. The number of halogens is 1. The molecule has 0 radical (unpaired) electrons. The number of thiophene rings is 1. The molecule has 0 amide bonds. The third-order valence-corrected chi connectivity index (χ3v) is 3.99. The van der Waals surface area contributed by atoms with Crippen LogP contribution in [0, 0.1) is 0 Å². The van der Waals surface area contributed by atoms with E-state index in [2.05, 4.69) is 15.9 Å². The van der Waals surface area contributed by atoms with E-state index in [1.165, 1.54) is 4.70 Å². The number of fused-ring (bicyclic) bond motifs is 1. The lowest BCUT2D eigenvalue weighted by Crippen LogP contribution is -1.81. The summed E-state index contributed by atoms with van der Waals surface area (Å²) in [6, 6.07) is 5.96. The van der Waals surface area contributed by atoms with E-state index in [-0.39, 0.29) is 0 Å². The summed E-state index contributed by atoms with van der Waals surface area (Å²) in [6.45, 7) is 0. The summed E-state index contributed by atoms with van der Waals surface area (Å²) in [5.41, 5.74) is 0. The van der Waals surface area contributed by atoms with Crippen molar-refractivity contribution in [2.45, 2.75) is 0 Å². The first kappa shape index (κ1) is 9.80. The summed E-state index contributed by atoms with van der Waals surface area (Å²) in [5.74, 6) is 0.852. The standard InChI is InChI=1S/C10H9BrO2S/c1-12-7-3-6-4-9(13-2)14-10(6)8(11)5-7/h3-5H,1-2H3. The van der Waals surface area contributed by atoms with Gasteiger partial charge in [-0.2, -0.15) is 0 Å². The predicted octanol–water partition coefficient (Wildman–Crippen LogP) is 3.68. The molecule has 4 heteroatoms. The fourth-order valence-corrected chi connectivity index (χ4v) is 2.84. The van der Waals surface area contributed by atoms with Gasteiger partial charge in [-0.05, 0) is 34.1 Å². The molecule has 0 fully saturated rings. The quantitative estimate of drug-likeness (QED) is 0.831. The van der Waals surface area contributed by atoms with E-state index in [9.17, 15) is 0 Å². The first-order chi connectivity index (χ1) is 6.74. The minimum Gasteiger partial charge on any atom is -0.497 e. The van der Waals surface area contributed by atoms with Crippen molar-refractivity contribution in [1.82, 2.24) is 0 Å². The van der Waals surface area contributed by atoms with Crippen molar-refractivity contribution in [1.29, 1.82) is 0 Å². The van der Waals surface area contributed by atoms with E-state index in [1.807, 2.05) is 18.2 Å². The van der Waals surface area contributed by atoms with Crippen molar-refractivity contribution in [2.75, 3.05) is 14.2 Å². The molecule has 1 aromatic heterocycles. The summed E-state index contributed by atoms with van der Waals surface area (Å²) in [7, 11) is 3.34. The van der Waals surface area contributed by atoms with Gasteiger partial charge in [0.15, 0.2) is 5.06 Å². The minimum atomic E-state index is 0.852. The molecular weight excluding hydrogens is 264 g/mol. The smallest absolute Gasteiger partial charge is 0.174 e. The predicted molar refractivity (Wildman–Crippen MR) is 62.6 cm³/mol. The monoisotopic (exact) mass is 272 g/mol. The van der Waals surface area contributed by atoms with Crippen LogP contribution in [0.25, 0.3) is 10.1 Å². The maximum absolute atomic E-state index is 5.18. The zero-order chi connectivity index (χ0) is 10.1. The average molecular weight is 273 g/mol. The van der Waals surface area contributed by atoms with Crippen molar-refractivity contribution in [2.24, 2.45) is 0 Å². The molecule has 0 N–H and O–H groups in total. The van der Waals surface area contributed by atoms with Gasteiger partial charge in [0.1, 0.15) is 5.75 Å². The van der Waals surface area contributed by atoms with E-state index >= 15 is 0 Å². The lowest BCUT2D eigenvalue weighted by molar-refractivity contribution is 0.415. The number of hydrogen-bond donors (Lipinski definition) is 0. The highest BCUT2D eigenvalue weighted by atomic mass is 79.9. The maximum atomic E-state index is 5.18. The Morgan fingerprint density at radius 3 is 2.57 bits per heavy atom. The van der Waals surface area contributed by atoms with Gasteiger partial charge < -0.3 is 9.47 Å². The van der Waals surface area contributed by atoms with Crippen LogP contribution in [0.2, 0.25) is 0 Å². The Hall–Kier alpha value is -0.740. The molecule has 0 atom stereocenters. The second kappa shape index (κ2) is 3.79. The van der Waals surface area contributed by atoms with Crippen LogP contribution in [0.15, 0.2) is 22.7 Å². The topological polar surface area (TPSA) is 18.5 Å². The van der Waals surface area contributed by atoms with Gasteiger partial charge in [0.25, 0.3) is 0 Å². The molecule has 0 aliphatic heterocycles. The molecule has 1 aromatic carbocycles. The number of benzene rings is 1. The summed E-state index contributed by atoms with van der Waals surface area (Å²) in [4.78, 5) is 0. The Bertz CT molecular complexity index is 464. The lowest BCUT2D eigenvalue weighted by Gasteiger charge is -2.00. The Morgan fingerprint density at radius 1 is 1.14 bits per heavy atom. The highest BCUT2D eigenvalue weighted by molar-refractivity contribution is 9.10. The van der Waals surface area contributed by atoms with Gasteiger partial charge in [0.05, 0.1) is 18.9 Å². The molecule has 2 rings (SSSR count). The van der Waals surface area contributed by atoms with Gasteiger partial charge in [-0.25, -0.2) is 0 Å². The van der Waals surface area contributed by atoms with Crippen LogP contribution in [0.3, 0.4) is 0 Å². The van der Waals surface area contributed by atoms with Crippen LogP contribution in [0.1, 0.15) is 0 Å². The Labute approximate surface area is 94.6 Å². The molecule has 2 aromatic rings. The minimum absolute atomic E-state index is 0.852. The number of hydrogen-bond acceptors (Lipinski definition) is 3. The first-order valence-corrected chi connectivity index (χ1v) is 5.66. The molecule has 0 unspecified atom stereocenters. The summed E-state index contributed by atoms with van der Waals surface area (Å²) < 4.78 is 12.6. The van der Waals surface area contributed by atoms with E-state index < -0.39 is 0 Å². The molecule has 0 bridgehead atoms. The van der Waals surface area contributed by atoms with Gasteiger partial charge in [0, 0.05) is 9.86 Å². The van der Waals surface area contributed by atoms with Crippen molar-refractivity contribution >= 4 is 37.4 Å². The van der Waals surface area contributed by atoms with Crippen molar-refractivity contribution < 1.29 is 9.47 Å². The Kier molecular flexibility index (Phi) is 2.65. The van der Waals surface area contributed by atoms with E-state index in [4.69, 9.17) is 9.47 Å². The van der Waals surface area contributed by atoms with Crippen molar-refractivity contribution in [3.63, 3.8) is 0 Å². The van der Waals surface area contributed by atoms with Gasteiger partial charge >= 0.3 is 0 Å². The van der Waals surface area contributed by atoms with Crippen LogP contribution >= 0.6 is 27.3 Å². The Morgan fingerprint density at radius 2 is 1.93 bits per heavy atom. The van der Waals surface area contributed by atoms with Crippen LogP contribution in [0.5, 0.6) is 10.8 Å². The zero-order valence-corrected chi connectivity index (χ0v) is 10.2. The fraction of sp³-hybridized carbons (Fsp3) is 0.200. The van der Waals surface area contributed by atoms with Crippen LogP contribution in [0.4, 0.5) is 0 Å². The van der Waals surface area contributed by atoms with Crippen molar-refractivity contribution in [3.8, 4) is 10.8 Å². The molecule has 14 heavy (non-hydrogen) atoms. The number of rotatable bonds is 2. The summed E-state index contributed by atoms with van der Waals surface area (Å²) >= 11 is 5.12. The van der Waals surface area contributed by atoms with E-state index in [1.54, 1.807) is 25.6 Å². The second-order valence-corrected chi connectivity index (χ2v) is 4.67. The third-order valence-electron chi connectivity index (χ3n) is 1.96. The maximum Gasteiger partial charge on any atom is 0.174 e. The van der Waals surface area contributed by atoms with Gasteiger partial charge in [0.2, 0.25) is 0 Å². The average Bonchev–Trinajstić information content (AvgIpc) is 2.61. The molecule has 0 spiro atoms. The highest BCUT2D eigenvalue weighted by Gasteiger charge is 2.07. The van der Waals surface area contributed by atoms with Gasteiger partial charge in [-0.15, -0.1) is 0 Å². The van der Waals surface area contributed by atoms with Crippen LogP contribution in [-0.2, 0) is 0 Å². The largest absolute Gasteiger partial charge is 0.497 e. The van der Waals surface area contributed by atoms with E-state index in [0.29, 0.717) is 0 Å². The molecule has 0 saturated carbocycles. The molecule has 0 saturated heterocycles. The number of ether oxygens (including phenoxy) is 2. The zero-order valence-electron chi connectivity index (χ0n) is 7.83. The van der Waals surface area contributed by atoms with Crippen molar-refractivity contribution in [3.05, 3.63) is 22.7 Å². The highest BCUT2D eigenvalue weighted by Crippen LogP contribution is 2.38. The van der Waals surface area contributed by atoms with Gasteiger partial charge in [-0.3, -0.25) is 0 Å². The van der Waals surface area contributed by atoms with E-state index in [0.717, 1.165) is 20.7 Å². The summed E-state index contributed by atoms with van der Waals surface area (Å²) in [5, 5.41) is 2.05. The number of methoxy groups -OCH3 is 2. The van der Waals surface area contributed by atoms with Crippen LogP contribution in [-0.4, -0.2) is 14.2 Å². The normalized spacial score (nSPS) is 10.5. The molecule has 1 heterocycles. The second-order valence-electron chi connectivity index (χ2n) is 2.80. The van der Waals surface area contributed by atoms with Gasteiger partial charge in [-0.1, -0.05) is 11.3 Å². The lowest BCUT2D eigenvalue weighted by atomic mass is 10.2. The molecule has 0 aliphatic rings. The molecule has 74 valence electrons. The fourth-order valence-electron chi connectivity index (χ4n) is 1.28. The van der Waals surface area contributed by atoms with Crippen LogP contribution < -0.4 is 9.47 Å².